The van der Waals surface area contributed by atoms with Gasteiger partial charge in [0.2, 0.25) is 0 Å². The van der Waals surface area contributed by atoms with Crippen molar-refractivity contribution >= 4 is 21.8 Å². The van der Waals surface area contributed by atoms with E-state index in [2.05, 4.69) is 292 Å². The van der Waals surface area contributed by atoms with Crippen LogP contribution in [0.4, 0.5) is 0 Å². The van der Waals surface area contributed by atoms with E-state index in [0.29, 0.717) is 11.5 Å². The van der Waals surface area contributed by atoms with E-state index in [1.807, 2.05) is 6.20 Å². The Morgan fingerprint density at radius 3 is 1.73 bits per heavy atom. The summed E-state index contributed by atoms with van der Waals surface area (Å²) in [5.41, 5.74) is 13.1. The zero-order chi connectivity index (χ0) is 51.7. The van der Waals surface area contributed by atoms with E-state index in [9.17, 15) is 0 Å². The molecule has 3 aromatic heterocycles. The zero-order valence-corrected chi connectivity index (χ0v) is 47.5. The first-order chi connectivity index (χ1) is 34.6. The first kappa shape index (κ1) is 52.1. The van der Waals surface area contributed by atoms with Crippen LogP contribution in [0.15, 0.2) is 176 Å². The molecule has 0 aliphatic heterocycles. The fourth-order valence-electron chi connectivity index (χ4n) is 10.2. The minimum atomic E-state index is -0.434. The summed E-state index contributed by atoms with van der Waals surface area (Å²) in [5, 5.41) is 2.26. The Labute approximate surface area is 454 Å². The molecule has 0 spiro atoms. The maximum absolute atomic E-state index is 7.28. The van der Waals surface area contributed by atoms with Gasteiger partial charge in [-0.15, -0.1) is 35.4 Å². The molecule has 10 aromatic rings. The molecule has 5 nitrogen and oxygen atoms in total. The normalized spacial score (nSPS) is 12.6. The number of hydrogen-bond donors (Lipinski definition) is 0. The van der Waals surface area contributed by atoms with Gasteiger partial charge in [0.15, 0.2) is 0 Å². The number of fused-ring (bicyclic) bond motifs is 3. The van der Waals surface area contributed by atoms with Crippen LogP contribution in [0.25, 0.3) is 50.1 Å². The molecule has 0 radical (unpaired) electrons. The number of imidazole rings is 1. The van der Waals surface area contributed by atoms with Crippen molar-refractivity contribution < 1.29 is 30.4 Å². The Balaban J connectivity index is 0.00000672. The first-order valence-corrected chi connectivity index (χ1v) is 25.7. The Morgan fingerprint density at radius 2 is 1.09 bits per heavy atom. The van der Waals surface area contributed by atoms with Gasteiger partial charge in [-0.3, -0.25) is 4.57 Å². The van der Waals surface area contributed by atoms with Crippen LogP contribution in [0.5, 0.6) is 11.5 Å². The predicted octanol–water partition coefficient (Wildman–Crippen LogP) is 16.6. The summed E-state index contributed by atoms with van der Waals surface area (Å²) in [6.07, 6.45) is 7.99. The van der Waals surface area contributed by atoms with Crippen molar-refractivity contribution in [1.29, 1.82) is 0 Å². The van der Waals surface area contributed by atoms with Crippen molar-refractivity contribution in [3.63, 3.8) is 0 Å². The van der Waals surface area contributed by atoms with Crippen LogP contribution in [-0.2, 0) is 48.1 Å². The first-order valence-electron chi connectivity index (χ1n) is 25.7. The third-order valence-corrected chi connectivity index (χ3v) is 14.8. The van der Waals surface area contributed by atoms with Crippen molar-refractivity contribution in [1.82, 2.24) is 14.1 Å². The van der Waals surface area contributed by atoms with Crippen LogP contribution >= 0.6 is 0 Å². The number of hydrogen-bond acceptors (Lipinski definition) is 2. The van der Waals surface area contributed by atoms with E-state index in [0.717, 1.165) is 55.8 Å². The molecule has 0 saturated carbocycles. The third-order valence-electron chi connectivity index (χ3n) is 14.8. The molecular formula is C68H68N4OPt-2. The van der Waals surface area contributed by atoms with Crippen molar-refractivity contribution in [2.75, 3.05) is 0 Å². The Hall–Kier alpha value is -6.81. The largest absolute Gasteiger partial charge is 0.510 e. The fourth-order valence-corrected chi connectivity index (χ4v) is 10.2. The molecule has 378 valence electrons. The van der Waals surface area contributed by atoms with Gasteiger partial charge in [0.25, 0.3) is 6.33 Å². The van der Waals surface area contributed by atoms with Gasteiger partial charge < -0.3 is 13.9 Å². The van der Waals surface area contributed by atoms with Crippen molar-refractivity contribution in [3.8, 4) is 39.8 Å². The fraction of sp³-hybridized carbons (Fsp3) is 0.265. The molecule has 0 amide bonds. The molecule has 0 fully saturated rings. The van der Waals surface area contributed by atoms with Crippen LogP contribution in [0.1, 0.15) is 129 Å². The van der Waals surface area contributed by atoms with E-state index in [4.69, 9.17) is 9.72 Å². The maximum atomic E-state index is 7.28. The van der Waals surface area contributed by atoms with Gasteiger partial charge in [0, 0.05) is 50.5 Å². The second-order valence-corrected chi connectivity index (χ2v) is 23.9. The van der Waals surface area contributed by atoms with Gasteiger partial charge in [-0.05, 0) is 102 Å². The quantitative estimate of drug-likeness (QED) is 0.101. The smallest absolute Gasteiger partial charge is 0.267 e. The number of nitrogens with zero attached hydrogens (tertiary/aromatic N) is 4. The molecule has 7 aromatic carbocycles. The molecule has 3 heterocycles. The second-order valence-electron chi connectivity index (χ2n) is 23.9. The molecule has 6 heteroatoms. The SMILES string of the molecule is CC(C)(C)c1cc(-c2ccccc2)cc(-[n+]2[c-]n(-c3[c-]c(Oc4[c-]c5c(c(C(C)(C)c6ccccc6)c4)c4ccccc4n5-c4cc(C(C)(C)C)ccn4)cc(C(C)(C)c4ccccc4)c3)cc2C(C)(C)C)c1.[Pt]. The summed E-state index contributed by atoms with van der Waals surface area (Å²) in [4.78, 5) is 5.04. The molecule has 0 unspecified atom stereocenters. The molecule has 0 bridgehead atoms. The summed E-state index contributed by atoms with van der Waals surface area (Å²) in [6, 6.07) is 66.3. The van der Waals surface area contributed by atoms with E-state index >= 15 is 0 Å². The second kappa shape index (κ2) is 19.5. The summed E-state index contributed by atoms with van der Waals surface area (Å²) >= 11 is 0. The molecule has 0 N–H and O–H groups in total. The standard InChI is InChI=1S/C68H68N4O.Pt/c1-64(2,3)50-33-34-69-62(40-50)72-59-32-24-23-31-57(59)63-58(68(12,13)49-29-21-16-22-30-49)42-56(43-60(63)72)73-55-39-52(67(10,11)48-27-19-15-20-28-48)38-53(41-55)70-44-61(66(7,8)9)71(45-70)54-36-47(46-25-17-14-18-26-46)35-51(37-54)65(4,5)6;/h14-40,42,44H,1-13H3;/q-2;. The Kier molecular flexibility index (Phi) is 13.7. The predicted molar refractivity (Wildman–Crippen MR) is 301 cm³/mol. The van der Waals surface area contributed by atoms with Gasteiger partial charge in [-0.1, -0.05) is 216 Å². The number of benzene rings is 7. The van der Waals surface area contributed by atoms with Gasteiger partial charge in [-0.25, -0.2) is 4.98 Å². The summed E-state index contributed by atoms with van der Waals surface area (Å²) in [6.45, 7) is 29.6. The zero-order valence-electron chi connectivity index (χ0n) is 45.3. The van der Waals surface area contributed by atoms with Crippen LogP contribution in [0.2, 0.25) is 0 Å². The number of aromatic nitrogens is 4. The van der Waals surface area contributed by atoms with Crippen LogP contribution in [0, 0.1) is 18.5 Å². The number of rotatable bonds is 10. The average Bonchev–Trinajstić information content (AvgIpc) is 3.98. The average molecular weight is 1150 g/mol. The number of ether oxygens (including phenoxy) is 1. The third kappa shape index (κ3) is 9.96. The van der Waals surface area contributed by atoms with Crippen molar-refractivity contribution in [2.45, 2.75) is 117 Å². The maximum Gasteiger partial charge on any atom is 0.267 e. The van der Waals surface area contributed by atoms with E-state index in [1.165, 1.54) is 33.4 Å². The van der Waals surface area contributed by atoms with Crippen LogP contribution < -0.4 is 9.30 Å². The van der Waals surface area contributed by atoms with Gasteiger partial charge >= 0.3 is 0 Å². The van der Waals surface area contributed by atoms with Crippen molar-refractivity contribution in [2.24, 2.45) is 0 Å². The van der Waals surface area contributed by atoms with Crippen molar-refractivity contribution in [3.05, 3.63) is 234 Å². The van der Waals surface area contributed by atoms with Gasteiger partial charge in [0.1, 0.15) is 5.82 Å². The minimum Gasteiger partial charge on any atom is -0.510 e. The summed E-state index contributed by atoms with van der Waals surface area (Å²) < 4.78 is 13.9. The van der Waals surface area contributed by atoms with Gasteiger partial charge in [-0.2, -0.15) is 6.07 Å². The molecule has 0 atom stereocenters. The molecule has 74 heavy (non-hydrogen) atoms. The Morgan fingerprint density at radius 1 is 0.500 bits per heavy atom. The topological polar surface area (TPSA) is 35.9 Å². The molecule has 0 aliphatic rings. The van der Waals surface area contributed by atoms with Gasteiger partial charge in [0.05, 0.1) is 11.4 Å². The van der Waals surface area contributed by atoms with Crippen LogP contribution in [-0.4, -0.2) is 14.1 Å². The molecule has 10 rings (SSSR count). The Bertz CT molecular complexity index is 3640. The van der Waals surface area contributed by atoms with E-state index in [-0.39, 0.29) is 37.3 Å². The van der Waals surface area contributed by atoms with E-state index in [1.54, 1.807) is 0 Å². The molecule has 0 saturated heterocycles. The van der Waals surface area contributed by atoms with Crippen LogP contribution in [0.3, 0.4) is 0 Å². The molecular weight excluding hydrogens is 1080 g/mol. The molecule has 0 aliphatic carbocycles. The minimum absolute atomic E-state index is 0. The summed E-state index contributed by atoms with van der Waals surface area (Å²) in [5.74, 6) is 2.01. The summed E-state index contributed by atoms with van der Waals surface area (Å²) in [7, 11) is 0. The number of pyridine rings is 1. The number of para-hydroxylation sites is 1. The van der Waals surface area contributed by atoms with E-state index < -0.39 is 10.8 Å². The monoisotopic (exact) mass is 1150 g/mol.